The van der Waals surface area contributed by atoms with Crippen LogP contribution < -0.4 is 15.4 Å². The number of carbonyl (C=O) groups excluding carboxylic acids is 1. The second kappa shape index (κ2) is 8.65. The van der Waals surface area contributed by atoms with Gasteiger partial charge < -0.3 is 15.4 Å². The molecule has 27 heavy (non-hydrogen) atoms. The molecule has 2 aromatic rings. The highest BCUT2D eigenvalue weighted by Crippen LogP contribution is 2.29. The molecule has 0 aliphatic heterocycles. The number of amides is 1. The maximum Gasteiger partial charge on any atom is 0.573 e. The van der Waals surface area contributed by atoms with Gasteiger partial charge in [-0.1, -0.05) is 6.92 Å². The number of hydrogen-bond donors (Lipinski definition) is 2. The van der Waals surface area contributed by atoms with Gasteiger partial charge in [-0.15, -0.1) is 13.2 Å². The number of hydrogen-bond acceptors (Lipinski definition) is 5. The van der Waals surface area contributed by atoms with Crippen molar-refractivity contribution in [3.05, 3.63) is 36.4 Å². The number of aromatic nitrogens is 2. The zero-order chi connectivity index (χ0) is 20.0. The van der Waals surface area contributed by atoms with Crippen molar-refractivity contribution in [2.75, 3.05) is 18.4 Å². The van der Waals surface area contributed by atoms with E-state index in [9.17, 15) is 22.4 Å². The molecular formula is C17H18F4N4O2. The van der Waals surface area contributed by atoms with Gasteiger partial charge >= 0.3 is 6.36 Å². The van der Waals surface area contributed by atoms with E-state index in [4.69, 9.17) is 0 Å². The van der Waals surface area contributed by atoms with Crippen LogP contribution in [-0.4, -0.2) is 35.3 Å². The fourth-order valence-corrected chi connectivity index (χ4v) is 2.15. The first-order valence-corrected chi connectivity index (χ1v) is 8.00. The van der Waals surface area contributed by atoms with Crippen LogP contribution in [0.2, 0.25) is 0 Å². The number of alkyl halides is 3. The highest BCUT2D eigenvalue weighted by Gasteiger charge is 2.32. The zero-order valence-corrected chi connectivity index (χ0v) is 14.6. The number of nitrogens with one attached hydrogen (secondary N) is 2. The van der Waals surface area contributed by atoms with Gasteiger partial charge in [0.05, 0.1) is 5.69 Å². The fourth-order valence-electron chi connectivity index (χ4n) is 2.15. The van der Waals surface area contributed by atoms with Gasteiger partial charge in [0.25, 0.3) is 0 Å². The maximum absolute atomic E-state index is 13.9. The number of anilines is 1. The second-order valence-electron chi connectivity index (χ2n) is 5.90. The van der Waals surface area contributed by atoms with Gasteiger partial charge in [-0.3, -0.25) is 4.79 Å². The Morgan fingerprint density at radius 3 is 2.59 bits per heavy atom. The minimum atomic E-state index is -4.97. The van der Waals surface area contributed by atoms with Gasteiger partial charge in [0, 0.05) is 31.6 Å². The quantitative estimate of drug-likeness (QED) is 0.714. The Labute approximate surface area is 153 Å². The average molecular weight is 386 g/mol. The SMILES string of the molecule is CC(=O)NC[C@@H](C)CNc1cc(-c2ccc(OC(F)(F)F)c(F)c2)ncn1. The van der Waals surface area contributed by atoms with Crippen LogP contribution in [0.4, 0.5) is 23.4 Å². The molecule has 10 heteroatoms. The molecule has 6 nitrogen and oxygen atoms in total. The molecule has 0 aliphatic carbocycles. The average Bonchev–Trinajstić information content (AvgIpc) is 2.59. The van der Waals surface area contributed by atoms with Crippen LogP contribution in [0.15, 0.2) is 30.6 Å². The maximum atomic E-state index is 13.9. The topological polar surface area (TPSA) is 76.1 Å². The molecular weight excluding hydrogens is 368 g/mol. The van der Waals surface area contributed by atoms with Crippen molar-refractivity contribution in [3.63, 3.8) is 0 Å². The van der Waals surface area contributed by atoms with E-state index in [2.05, 4.69) is 25.3 Å². The summed E-state index contributed by atoms with van der Waals surface area (Å²) in [6.45, 7) is 4.37. The van der Waals surface area contributed by atoms with Crippen LogP contribution in [0.3, 0.4) is 0 Å². The van der Waals surface area contributed by atoms with Crippen LogP contribution in [0.5, 0.6) is 5.75 Å². The summed E-state index contributed by atoms with van der Waals surface area (Å²) in [7, 11) is 0. The predicted octanol–water partition coefficient (Wildman–Crippen LogP) is 3.37. The molecule has 0 saturated heterocycles. The van der Waals surface area contributed by atoms with Crippen molar-refractivity contribution in [1.82, 2.24) is 15.3 Å². The van der Waals surface area contributed by atoms with E-state index in [0.717, 1.165) is 12.1 Å². The first kappa shape index (κ1) is 20.4. The van der Waals surface area contributed by atoms with Crippen molar-refractivity contribution >= 4 is 11.7 Å². The fraction of sp³-hybridized carbons (Fsp3) is 0.353. The number of nitrogens with zero attached hydrogens (tertiary/aromatic N) is 2. The molecule has 0 bridgehead atoms. The predicted molar refractivity (Wildman–Crippen MR) is 90.4 cm³/mol. The Morgan fingerprint density at radius 2 is 1.96 bits per heavy atom. The lowest BCUT2D eigenvalue weighted by Gasteiger charge is -2.14. The Balaban J connectivity index is 2.06. The summed E-state index contributed by atoms with van der Waals surface area (Å²) in [5.41, 5.74) is 0.609. The third-order valence-corrected chi connectivity index (χ3v) is 3.45. The molecule has 0 radical (unpaired) electrons. The third kappa shape index (κ3) is 6.72. The van der Waals surface area contributed by atoms with E-state index >= 15 is 0 Å². The van der Waals surface area contributed by atoms with E-state index in [1.54, 1.807) is 6.07 Å². The van der Waals surface area contributed by atoms with Crippen LogP contribution in [0.25, 0.3) is 11.3 Å². The van der Waals surface area contributed by atoms with Crippen LogP contribution in [0.1, 0.15) is 13.8 Å². The summed E-state index contributed by atoms with van der Waals surface area (Å²) in [5, 5.41) is 5.77. The zero-order valence-electron chi connectivity index (χ0n) is 14.6. The van der Waals surface area contributed by atoms with E-state index in [-0.39, 0.29) is 17.4 Å². The van der Waals surface area contributed by atoms with Crippen molar-refractivity contribution in [1.29, 1.82) is 0 Å². The van der Waals surface area contributed by atoms with Gasteiger partial charge in [-0.05, 0) is 24.1 Å². The Kier molecular flexibility index (Phi) is 6.54. The van der Waals surface area contributed by atoms with E-state index in [0.29, 0.717) is 24.6 Å². The molecule has 2 N–H and O–H groups in total. The van der Waals surface area contributed by atoms with Crippen molar-refractivity contribution < 1.29 is 27.1 Å². The van der Waals surface area contributed by atoms with Crippen molar-refractivity contribution in [3.8, 4) is 17.0 Å². The summed E-state index contributed by atoms with van der Waals surface area (Å²) in [4.78, 5) is 18.9. The third-order valence-electron chi connectivity index (χ3n) is 3.45. The second-order valence-corrected chi connectivity index (χ2v) is 5.90. The molecule has 0 aliphatic rings. The van der Waals surface area contributed by atoms with Gasteiger partial charge in [-0.25, -0.2) is 14.4 Å². The molecule has 0 spiro atoms. The lowest BCUT2D eigenvalue weighted by atomic mass is 10.1. The van der Waals surface area contributed by atoms with Gasteiger partial charge in [0.2, 0.25) is 5.91 Å². The first-order valence-electron chi connectivity index (χ1n) is 8.00. The Bertz CT molecular complexity index is 799. The van der Waals surface area contributed by atoms with Crippen molar-refractivity contribution in [2.45, 2.75) is 20.2 Å². The highest BCUT2D eigenvalue weighted by molar-refractivity contribution is 5.72. The first-order chi connectivity index (χ1) is 12.6. The molecule has 1 amide bonds. The summed E-state index contributed by atoms with van der Waals surface area (Å²) in [6, 6.07) is 4.62. The largest absolute Gasteiger partial charge is 0.573 e. The van der Waals surface area contributed by atoms with Crippen LogP contribution in [-0.2, 0) is 4.79 Å². The monoisotopic (exact) mass is 386 g/mol. The van der Waals surface area contributed by atoms with Gasteiger partial charge in [0.15, 0.2) is 11.6 Å². The van der Waals surface area contributed by atoms with Crippen LogP contribution >= 0.6 is 0 Å². The van der Waals surface area contributed by atoms with Crippen LogP contribution in [0, 0.1) is 11.7 Å². The number of ether oxygens (including phenoxy) is 1. The van der Waals surface area contributed by atoms with E-state index < -0.39 is 17.9 Å². The minimum Gasteiger partial charge on any atom is -0.403 e. The number of benzene rings is 1. The molecule has 146 valence electrons. The van der Waals surface area contributed by atoms with Gasteiger partial charge in [0.1, 0.15) is 12.1 Å². The van der Waals surface area contributed by atoms with E-state index in [1.807, 2.05) is 6.92 Å². The standard InChI is InChI=1S/C17H18F4N4O2/c1-10(7-22-11(2)26)8-23-16-6-14(24-9-25-16)12-3-4-15(13(18)5-12)27-17(19,20)21/h3-6,9-10H,7-8H2,1-2H3,(H,22,26)(H,23,24,25)/t10-/m1/s1. The lowest BCUT2D eigenvalue weighted by Crippen LogP contribution is -2.29. The molecule has 0 saturated carbocycles. The normalized spacial score (nSPS) is 12.4. The van der Waals surface area contributed by atoms with Crippen molar-refractivity contribution in [2.24, 2.45) is 5.92 Å². The highest BCUT2D eigenvalue weighted by atomic mass is 19.4. The molecule has 0 unspecified atom stereocenters. The number of rotatable bonds is 7. The molecule has 1 heterocycles. The summed E-state index contributed by atoms with van der Waals surface area (Å²) < 4.78 is 54.1. The minimum absolute atomic E-state index is 0.119. The Morgan fingerprint density at radius 1 is 1.22 bits per heavy atom. The number of carbonyl (C=O) groups is 1. The van der Waals surface area contributed by atoms with Gasteiger partial charge in [-0.2, -0.15) is 0 Å². The Hall–Kier alpha value is -2.91. The summed E-state index contributed by atoms with van der Waals surface area (Å²) in [6.07, 6.45) is -3.71. The summed E-state index contributed by atoms with van der Waals surface area (Å²) in [5.74, 6) is -1.59. The molecule has 1 aromatic carbocycles. The summed E-state index contributed by atoms with van der Waals surface area (Å²) >= 11 is 0. The van der Waals surface area contributed by atoms with E-state index in [1.165, 1.54) is 19.3 Å². The smallest absolute Gasteiger partial charge is 0.403 e. The molecule has 2 rings (SSSR count). The molecule has 1 aromatic heterocycles. The molecule has 0 fully saturated rings. The number of halogens is 4. The lowest BCUT2D eigenvalue weighted by molar-refractivity contribution is -0.275. The molecule has 1 atom stereocenters.